The Bertz CT molecular complexity index is 1430. The van der Waals surface area contributed by atoms with Crippen molar-refractivity contribution in [2.45, 2.75) is 6.92 Å². The maximum atomic E-state index is 13.2. The molecule has 0 saturated carbocycles. The highest BCUT2D eigenvalue weighted by molar-refractivity contribution is 6.16. The summed E-state index contributed by atoms with van der Waals surface area (Å²) >= 11 is 0. The number of carbonyl (C=O) groups is 1. The summed E-state index contributed by atoms with van der Waals surface area (Å²) in [6, 6.07) is 18.4. The number of nitrogens with one attached hydrogen (secondary N) is 1. The topological polar surface area (TPSA) is 111 Å². The molecule has 0 unspecified atom stereocenters. The van der Waals surface area contributed by atoms with Gasteiger partial charge in [-0.25, -0.2) is 9.97 Å². The van der Waals surface area contributed by atoms with Crippen LogP contribution in [0.3, 0.4) is 0 Å². The van der Waals surface area contributed by atoms with Gasteiger partial charge in [0.15, 0.2) is 5.65 Å². The first-order valence-electron chi connectivity index (χ1n) is 9.63. The number of amides is 1. The van der Waals surface area contributed by atoms with Gasteiger partial charge >= 0.3 is 0 Å². The van der Waals surface area contributed by atoms with E-state index < -0.39 is 0 Å². The van der Waals surface area contributed by atoms with Gasteiger partial charge in [0.1, 0.15) is 22.7 Å². The fourth-order valence-corrected chi connectivity index (χ4v) is 3.30. The first-order chi connectivity index (χ1) is 15.1. The number of hydrogen-bond donors (Lipinski definition) is 2. The number of para-hydroxylation sites is 2. The van der Waals surface area contributed by atoms with Crippen molar-refractivity contribution in [2.24, 2.45) is 5.10 Å². The van der Waals surface area contributed by atoms with E-state index in [-0.39, 0.29) is 17.3 Å². The Hall–Kier alpha value is -4.46. The maximum Gasteiger partial charge on any atom is 0.261 e. The molecule has 3 N–H and O–H groups in total. The van der Waals surface area contributed by atoms with Gasteiger partial charge < -0.3 is 15.5 Å². The van der Waals surface area contributed by atoms with E-state index >= 15 is 0 Å². The fourth-order valence-electron chi connectivity index (χ4n) is 3.30. The van der Waals surface area contributed by atoms with E-state index in [9.17, 15) is 4.79 Å². The quantitative estimate of drug-likeness (QED) is 0.431. The third kappa shape index (κ3) is 3.40. The molecule has 2 aromatic carbocycles. The van der Waals surface area contributed by atoms with Gasteiger partial charge in [0.2, 0.25) is 0 Å². The molecule has 0 spiro atoms. The van der Waals surface area contributed by atoms with Crippen molar-refractivity contribution < 1.29 is 9.21 Å². The Morgan fingerprint density at radius 1 is 1.06 bits per heavy atom. The number of fused-ring (bicyclic) bond motifs is 2. The predicted molar refractivity (Wildman–Crippen MR) is 120 cm³/mol. The molecule has 152 valence electrons. The summed E-state index contributed by atoms with van der Waals surface area (Å²) in [4.78, 5) is 22.5. The zero-order chi connectivity index (χ0) is 21.4. The van der Waals surface area contributed by atoms with Crippen LogP contribution in [0.1, 0.15) is 21.7 Å². The zero-order valence-electron chi connectivity index (χ0n) is 16.6. The number of rotatable bonds is 4. The number of benzene rings is 2. The molecule has 5 rings (SSSR count). The van der Waals surface area contributed by atoms with Gasteiger partial charge in [-0.2, -0.15) is 9.78 Å². The van der Waals surface area contributed by atoms with E-state index in [1.807, 2.05) is 55.5 Å². The number of nitrogen functional groups attached to an aromatic ring is 1. The van der Waals surface area contributed by atoms with Gasteiger partial charge in [-0.3, -0.25) is 4.79 Å². The van der Waals surface area contributed by atoms with Gasteiger partial charge in [0.25, 0.3) is 5.91 Å². The molecule has 31 heavy (non-hydrogen) atoms. The molecule has 1 amide bonds. The molecule has 0 bridgehead atoms. The van der Waals surface area contributed by atoms with Crippen LogP contribution in [0.4, 0.5) is 11.5 Å². The highest BCUT2D eigenvalue weighted by Gasteiger charge is 2.24. The monoisotopic (exact) mass is 410 g/mol. The van der Waals surface area contributed by atoms with E-state index in [2.05, 4.69) is 20.4 Å². The minimum absolute atomic E-state index is 0.137. The van der Waals surface area contributed by atoms with Crippen molar-refractivity contribution in [1.82, 2.24) is 14.6 Å². The lowest BCUT2D eigenvalue weighted by molar-refractivity contribution is 0.102. The van der Waals surface area contributed by atoms with Crippen LogP contribution in [0.2, 0.25) is 0 Å². The van der Waals surface area contributed by atoms with E-state index in [1.54, 1.807) is 18.4 Å². The largest absolute Gasteiger partial charge is 0.463 e. The van der Waals surface area contributed by atoms with Gasteiger partial charge in [-0.15, -0.1) is 0 Å². The molecule has 3 aromatic heterocycles. The minimum Gasteiger partial charge on any atom is -0.463 e. The van der Waals surface area contributed by atoms with Gasteiger partial charge in [0.05, 0.1) is 23.5 Å². The van der Waals surface area contributed by atoms with Crippen LogP contribution in [0.25, 0.3) is 22.2 Å². The average molecular weight is 410 g/mol. The number of aryl methyl sites for hydroxylation is 1. The summed E-state index contributed by atoms with van der Waals surface area (Å²) in [7, 11) is 0. The average Bonchev–Trinajstić information content (AvgIpc) is 3.38. The van der Waals surface area contributed by atoms with E-state index in [0.717, 1.165) is 5.56 Å². The molecule has 0 radical (unpaired) electrons. The molecular formula is C23H18N6O2. The lowest BCUT2D eigenvalue weighted by Crippen LogP contribution is -2.14. The standard InChI is InChI=1S/C23H18N6O2/c1-14-8-10-15(11-9-14)26-23(30)19-20-22(28-18-7-3-2-6-17(18)27-20)29(21(19)24)25-13-16-5-4-12-31-16/h2-13H,24H2,1H3,(H,26,30)/b25-13-. The first-order valence-corrected chi connectivity index (χ1v) is 9.63. The summed E-state index contributed by atoms with van der Waals surface area (Å²) < 4.78 is 6.71. The lowest BCUT2D eigenvalue weighted by atomic mass is 10.2. The Morgan fingerprint density at radius 2 is 1.81 bits per heavy atom. The van der Waals surface area contributed by atoms with Crippen LogP contribution in [-0.2, 0) is 0 Å². The summed E-state index contributed by atoms with van der Waals surface area (Å²) in [5.41, 5.74) is 10.4. The highest BCUT2D eigenvalue weighted by Crippen LogP contribution is 2.28. The molecule has 0 aliphatic heterocycles. The molecule has 5 aromatic rings. The molecule has 8 nitrogen and oxygen atoms in total. The Labute approximate surface area is 177 Å². The summed E-state index contributed by atoms with van der Waals surface area (Å²) in [6.45, 7) is 1.98. The lowest BCUT2D eigenvalue weighted by Gasteiger charge is -2.05. The maximum absolute atomic E-state index is 13.2. The SMILES string of the molecule is Cc1ccc(NC(=O)c2c(N)n(/N=C\c3ccco3)c3nc4ccccc4nc23)cc1. The number of nitrogens with zero attached hydrogens (tertiary/aromatic N) is 4. The van der Waals surface area contributed by atoms with Crippen molar-refractivity contribution in [3.63, 3.8) is 0 Å². The molecule has 8 heteroatoms. The molecule has 0 atom stereocenters. The van der Waals surface area contributed by atoms with Crippen molar-refractivity contribution in [1.29, 1.82) is 0 Å². The fraction of sp³-hybridized carbons (Fsp3) is 0.0435. The number of nitrogens with two attached hydrogens (primary N) is 1. The third-order valence-corrected chi connectivity index (χ3v) is 4.85. The molecular weight excluding hydrogens is 392 g/mol. The normalized spacial score (nSPS) is 11.5. The van der Waals surface area contributed by atoms with Crippen LogP contribution in [0.5, 0.6) is 0 Å². The molecule has 0 saturated heterocycles. The molecule has 0 aliphatic carbocycles. The van der Waals surface area contributed by atoms with Crippen LogP contribution >= 0.6 is 0 Å². The predicted octanol–water partition coefficient (Wildman–Crippen LogP) is 4.20. The summed E-state index contributed by atoms with van der Waals surface area (Å²) in [6.07, 6.45) is 3.06. The van der Waals surface area contributed by atoms with E-state index in [4.69, 9.17) is 10.2 Å². The highest BCUT2D eigenvalue weighted by atomic mass is 16.3. The van der Waals surface area contributed by atoms with Gasteiger partial charge in [0, 0.05) is 5.69 Å². The molecule has 3 heterocycles. The number of anilines is 2. The Morgan fingerprint density at radius 3 is 2.52 bits per heavy atom. The second-order valence-corrected chi connectivity index (χ2v) is 7.04. The minimum atomic E-state index is -0.386. The number of aromatic nitrogens is 3. The van der Waals surface area contributed by atoms with Gasteiger partial charge in [-0.1, -0.05) is 29.8 Å². The summed E-state index contributed by atoms with van der Waals surface area (Å²) in [5, 5.41) is 7.27. The van der Waals surface area contributed by atoms with E-state index in [0.29, 0.717) is 33.6 Å². The third-order valence-electron chi connectivity index (χ3n) is 4.85. The number of carbonyl (C=O) groups excluding carboxylic acids is 1. The Balaban J connectivity index is 1.67. The smallest absolute Gasteiger partial charge is 0.261 e. The first kappa shape index (κ1) is 18.6. The molecule has 0 aliphatic rings. The Kier molecular flexibility index (Phi) is 4.44. The van der Waals surface area contributed by atoms with Crippen molar-refractivity contribution in [3.8, 4) is 0 Å². The van der Waals surface area contributed by atoms with Crippen molar-refractivity contribution in [2.75, 3.05) is 11.1 Å². The molecule has 0 fully saturated rings. The van der Waals surface area contributed by atoms with Gasteiger partial charge in [-0.05, 0) is 43.3 Å². The van der Waals surface area contributed by atoms with Crippen LogP contribution < -0.4 is 11.1 Å². The second kappa shape index (κ2) is 7.42. The second-order valence-electron chi connectivity index (χ2n) is 7.04. The van der Waals surface area contributed by atoms with E-state index in [1.165, 1.54) is 10.9 Å². The number of furan rings is 1. The van der Waals surface area contributed by atoms with Crippen molar-refractivity contribution >= 4 is 45.8 Å². The van der Waals surface area contributed by atoms with Crippen LogP contribution in [0.15, 0.2) is 76.4 Å². The van der Waals surface area contributed by atoms with Crippen LogP contribution in [-0.4, -0.2) is 26.8 Å². The summed E-state index contributed by atoms with van der Waals surface area (Å²) in [5.74, 6) is 0.293. The van der Waals surface area contributed by atoms with Crippen molar-refractivity contribution in [3.05, 3.63) is 83.8 Å². The number of hydrogen-bond acceptors (Lipinski definition) is 6. The van der Waals surface area contributed by atoms with Crippen LogP contribution in [0, 0.1) is 6.92 Å². The zero-order valence-corrected chi connectivity index (χ0v) is 16.6.